The smallest absolute Gasteiger partial charge is 0.201 e. The molecule has 0 amide bonds. The summed E-state index contributed by atoms with van der Waals surface area (Å²) in [5, 5.41) is 0. The van der Waals surface area contributed by atoms with Gasteiger partial charge in [0.25, 0.3) is 5.92 Å². The van der Waals surface area contributed by atoms with Gasteiger partial charge in [-0.05, 0) is 17.8 Å². The lowest BCUT2D eigenvalue weighted by atomic mass is 10.1. The Morgan fingerprint density at radius 1 is 1.27 bits per heavy atom. The highest BCUT2D eigenvalue weighted by Gasteiger charge is 2.75. The summed E-state index contributed by atoms with van der Waals surface area (Å²) in [6.07, 6.45) is -3.00. The summed E-state index contributed by atoms with van der Waals surface area (Å²) in [6.45, 7) is 3.72. The highest BCUT2D eigenvalue weighted by Crippen LogP contribution is 2.64. The Morgan fingerprint density at radius 2 is 1.73 bits per heavy atom. The molecule has 0 aromatic rings. The van der Waals surface area contributed by atoms with E-state index >= 15 is 0 Å². The van der Waals surface area contributed by atoms with Gasteiger partial charge in [0.1, 0.15) is 5.92 Å². The third kappa shape index (κ3) is 1.66. The molecule has 0 aromatic heterocycles. The van der Waals surface area contributed by atoms with Crippen LogP contribution in [-0.4, -0.2) is 12.1 Å². The zero-order valence-corrected chi connectivity index (χ0v) is 8.33. The van der Waals surface area contributed by atoms with Crippen molar-refractivity contribution in [3.63, 3.8) is 0 Å². The van der Waals surface area contributed by atoms with E-state index in [1.54, 1.807) is 0 Å². The van der Waals surface area contributed by atoms with Crippen molar-refractivity contribution in [1.82, 2.24) is 0 Å². The number of allylic oxidation sites excluding steroid dienone is 2. The van der Waals surface area contributed by atoms with Crippen molar-refractivity contribution < 1.29 is 22.0 Å². The summed E-state index contributed by atoms with van der Waals surface area (Å²) in [4.78, 5) is 0. The fraction of sp³-hybridized carbons (Fsp3) is 0.800. The Bertz CT molecular complexity index is 323. The van der Waals surface area contributed by atoms with Crippen molar-refractivity contribution in [3.05, 3.63) is 11.6 Å². The molecular formula is C10H11F5. The second-order valence-electron chi connectivity index (χ2n) is 5.02. The molecule has 2 fully saturated rings. The molecule has 0 bridgehead atoms. The summed E-state index contributed by atoms with van der Waals surface area (Å²) in [6, 6.07) is 0. The molecule has 0 nitrogen and oxygen atoms in total. The largest absolute Gasteiger partial charge is 0.401 e. The average molecular weight is 226 g/mol. The van der Waals surface area contributed by atoms with E-state index in [0.717, 1.165) is 6.08 Å². The highest BCUT2D eigenvalue weighted by atomic mass is 19.4. The number of hydrogen-bond acceptors (Lipinski definition) is 0. The Balaban J connectivity index is 2.14. The molecule has 15 heavy (non-hydrogen) atoms. The Hall–Kier alpha value is -0.610. The molecule has 2 atom stereocenters. The van der Waals surface area contributed by atoms with Gasteiger partial charge < -0.3 is 0 Å². The van der Waals surface area contributed by atoms with Crippen LogP contribution in [0.4, 0.5) is 22.0 Å². The van der Waals surface area contributed by atoms with Crippen LogP contribution in [0.25, 0.3) is 0 Å². The van der Waals surface area contributed by atoms with E-state index in [1.165, 1.54) is 0 Å². The molecule has 2 unspecified atom stereocenters. The van der Waals surface area contributed by atoms with Crippen molar-refractivity contribution in [2.24, 2.45) is 17.3 Å². The van der Waals surface area contributed by atoms with Crippen LogP contribution >= 0.6 is 0 Å². The normalized spacial score (nSPS) is 39.3. The number of alkyl halides is 5. The van der Waals surface area contributed by atoms with E-state index in [1.807, 2.05) is 13.8 Å². The SMILES string of the molecule is CC1(C)CC1C=C1C(C(F)(F)F)C1(F)F. The minimum atomic E-state index is -4.81. The Kier molecular flexibility index (Phi) is 1.85. The number of hydrogen-bond donors (Lipinski definition) is 0. The maximum absolute atomic E-state index is 12.8. The van der Waals surface area contributed by atoms with Crippen molar-refractivity contribution in [2.75, 3.05) is 0 Å². The van der Waals surface area contributed by atoms with Crippen LogP contribution in [0.2, 0.25) is 0 Å². The minimum absolute atomic E-state index is 0.109. The van der Waals surface area contributed by atoms with E-state index in [-0.39, 0.29) is 11.3 Å². The van der Waals surface area contributed by atoms with E-state index in [2.05, 4.69) is 0 Å². The zero-order chi connectivity index (χ0) is 11.6. The topological polar surface area (TPSA) is 0 Å². The van der Waals surface area contributed by atoms with Gasteiger partial charge in [-0.15, -0.1) is 0 Å². The molecule has 2 rings (SSSR count). The first kappa shape index (κ1) is 10.9. The summed E-state index contributed by atoms with van der Waals surface area (Å²) in [5.74, 6) is -6.30. The van der Waals surface area contributed by atoms with Crippen LogP contribution in [0.3, 0.4) is 0 Å². The molecular weight excluding hydrogens is 215 g/mol. The summed E-state index contributed by atoms with van der Waals surface area (Å²) >= 11 is 0. The van der Waals surface area contributed by atoms with Crippen LogP contribution in [0.5, 0.6) is 0 Å². The fourth-order valence-electron chi connectivity index (χ4n) is 1.90. The van der Waals surface area contributed by atoms with Crippen molar-refractivity contribution >= 4 is 0 Å². The van der Waals surface area contributed by atoms with Gasteiger partial charge in [-0.3, -0.25) is 0 Å². The zero-order valence-electron chi connectivity index (χ0n) is 8.33. The Labute approximate surface area is 84.2 Å². The second kappa shape index (κ2) is 2.55. The molecule has 86 valence electrons. The van der Waals surface area contributed by atoms with Gasteiger partial charge >= 0.3 is 6.18 Å². The van der Waals surface area contributed by atoms with Crippen LogP contribution in [-0.2, 0) is 0 Å². The van der Waals surface area contributed by atoms with E-state index in [4.69, 9.17) is 0 Å². The van der Waals surface area contributed by atoms with Gasteiger partial charge in [-0.2, -0.15) is 13.2 Å². The second-order valence-corrected chi connectivity index (χ2v) is 5.02. The average Bonchev–Trinajstić information content (AvgIpc) is 2.70. The Morgan fingerprint density at radius 3 is 2.00 bits per heavy atom. The first-order valence-electron chi connectivity index (χ1n) is 4.73. The van der Waals surface area contributed by atoms with Crippen LogP contribution < -0.4 is 0 Å². The molecule has 0 N–H and O–H groups in total. The first-order chi connectivity index (χ1) is 6.57. The maximum atomic E-state index is 12.8. The van der Waals surface area contributed by atoms with E-state index < -0.39 is 23.6 Å². The summed E-state index contributed by atoms with van der Waals surface area (Å²) in [5.41, 5.74) is -0.840. The highest BCUT2D eigenvalue weighted by molar-refractivity contribution is 5.41. The molecule has 2 saturated carbocycles. The van der Waals surface area contributed by atoms with Crippen molar-refractivity contribution in [2.45, 2.75) is 32.4 Å². The van der Waals surface area contributed by atoms with Crippen LogP contribution in [0.1, 0.15) is 20.3 Å². The third-order valence-corrected chi connectivity index (χ3v) is 3.27. The predicted octanol–water partition coefficient (Wildman–Crippen LogP) is 3.79. The van der Waals surface area contributed by atoms with Crippen molar-refractivity contribution in [1.29, 1.82) is 0 Å². The lowest BCUT2D eigenvalue weighted by Gasteiger charge is -2.01. The van der Waals surface area contributed by atoms with Gasteiger partial charge in [0.15, 0.2) is 0 Å². The monoisotopic (exact) mass is 226 g/mol. The predicted molar refractivity (Wildman–Crippen MR) is 44.5 cm³/mol. The molecule has 5 heteroatoms. The molecule has 2 aliphatic rings. The number of rotatable bonds is 1. The molecule has 0 heterocycles. The van der Waals surface area contributed by atoms with Crippen molar-refractivity contribution in [3.8, 4) is 0 Å². The molecule has 0 radical (unpaired) electrons. The van der Waals surface area contributed by atoms with Crippen LogP contribution in [0.15, 0.2) is 11.6 Å². The minimum Gasteiger partial charge on any atom is -0.201 e. The third-order valence-electron chi connectivity index (χ3n) is 3.27. The lowest BCUT2D eigenvalue weighted by molar-refractivity contribution is -0.166. The summed E-state index contributed by atoms with van der Waals surface area (Å²) < 4.78 is 62.0. The summed E-state index contributed by atoms with van der Waals surface area (Å²) in [7, 11) is 0. The fourth-order valence-corrected chi connectivity index (χ4v) is 1.90. The van der Waals surface area contributed by atoms with Gasteiger partial charge in [0.05, 0.1) is 0 Å². The molecule has 0 saturated heterocycles. The maximum Gasteiger partial charge on any atom is 0.401 e. The standard InChI is InChI=1S/C10H11F5/c1-8(2)4-5(8)3-6-7(9(6,11)12)10(13,14)15/h3,5,7H,4H2,1-2H3. The first-order valence-corrected chi connectivity index (χ1v) is 4.73. The quantitative estimate of drug-likeness (QED) is 0.471. The lowest BCUT2D eigenvalue weighted by Crippen LogP contribution is -2.15. The molecule has 0 aromatic carbocycles. The number of halogens is 5. The van der Waals surface area contributed by atoms with Gasteiger partial charge in [0, 0.05) is 5.57 Å². The van der Waals surface area contributed by atoms with Gasteiger partial charge in [-0.1, -0.05) is 19.9 Å². The molecule has 0 spiro atoms. The molecule has 0 aliphatic heterocycles. The molecule has 2 aliphatic carbocycles. The van der Waals surface area contributed by atoms with E-state index in [0.29, 0.717) is 6.42 Å². The van der Waals surface area contributed by atoms with E-state index in [9.17, 15) is 22.0 Å². The van der Waals surface area contributed by atoms with Crippen LogP contribution in [0, 0.1) is 17.3 Å². The van der Waals surface area contributed by atoms with Gasteiger partial charge in [-0.25, -0.2) is 8.78 Å². The van der Waals surface area contributed by atoms with Gasteiger partial charge in [0.2, 0.25) is 0 Å².